The molecule has 4 aromatic carbocycles. The highest BCUT2D eigenvalue weighted by Crippen LogP contribution is 2.33. The molecule has 2 amide bonds. The second-order valence-electron chi connectivity index (χ2n) is 10.1. The van der Waals surface area contributed by atoms with Crippen molar-refractivity contribution in [2.45, 2.75) is 23.5 Å². The molecule has 6 aromatic rings. The maximum Gasteiger partial charge on any atom is 0.272 e. The summed E-state index contributed by atoms with van der Waals surface area (Å²) in [5.74, 6) is -0.516. The Bertz CT molecular complexity index is 1940. The van der Waals surface area contributed by atoms with Gasteiger partial charge in [-0.1, -0.05) is 67.6 Å². The Labute approximate surface area is 258 Å². The minimum atomic E-state index is -0.513. The summed E-state index contributed by atoms with van der Waals surface area (Å²) in [6.07, 6.45) is 3.58. The lowest BCUT2D eigenvalue weighted by molar-refractivity contribution is -0.113. The summed E-state index contributed by atoms with van der Waals surface area (Å²) in [5, 5.41) is 7.31. The molecule has 2 heterocycles. The number of carbonyl (C=O) groups is 3. The number of furan rings is 1. The number of amides is 2. The van der Waals surface area contributed by atoms with E-state index in [9.17, 15) is 14.4 Å². The third-order valence-electron chi connectivity index (χ3n) is 7.18. The van der Waals surface area contributed by atoms with Gasteiger partial charge in [0.2, 0.25) is 5.91 Å². The average Bonchev–Trinajstić information content (AvgIpc) is 3.69. The number of benzene rings is 4. The van der Waals surface area contributed by atoms with Crippen LogP contribution in [0.25, 0.3) is 27.9 Å². The topological polar surface area (TPSA) is 93.3 Å². The summed E-state index contributed by atoms with van der Waals surface area (Å²) in [6, 6.07) is 35.3. The van der Waals surface area contributed by atoms with Crippen LogP contribution in [0.4, 0.5) is 5.69 Å². The van der Waals surface area contributed by atoms with Gasteiger partial charge in [-0.3, -0.25) is 19.0 Å². The van der Waals surface area contributed by atoms with Gasteiger partial charge >= 0.3 is 0 Å². The zero-order valence-electron chi connectivity index (χ0n) is 23.9. The Morgan fingerprint density at radius 2 is 1.50 bits per heavy atom. The predicted octanol–water partition coefficient (Wildman–Crippen LogP) is 8.01. The van der Waals surface area contributed by atoms with Crippen molar-refractivity contribution in [3.63, 3.8) is 0 Å². The Balaban J connectivity index is 1.23. The average molecular weight is 600 g/mol. The number of nitrogens with one attached hydrogen (secondary N) is 2. The van der Waals surface area contributed by atoms with Crippen LogP contribution >= 0.6 is 11.8 Å². The number of fused-ring (bicyclic) bond motifs is 3. The van der Waals surface area contributed by atoms with Crippen LogP contribution in [0.3, 0.4) is 0 Å². The molecule has 0 aliphatic rings. The molecule has 6 rings (SSSR count). The number of hydrogen-bond donors (Lipinski definition) is 2. The molecule has 1 atom stereocenters. The second kappa shape index (κ2) is 12.9. The van der Waals surface area contributed by atoms with Crippen LogP contribution in [0.2, 0.25) is 0 Å². The van der Waals surface area contributed by atoms with Crippen molar-refractivity contribution >= 4 is 63.1 Å². The quantitative estimate of drug-likeness (QED) is 0.130. The summed E-state index contributed by atoms with van der Waals surface area (Å²) in [5.41, 5.74) is 2.74. The first kappa shape index (κ1) is 28.8. The lowest BCUT2D eigenvalue weighted by Crippen LogP contribution is -2.30. The zero-order chi connectivity index (χ0) is 30.5. The van der Waals surface area contributed by atoms with Crippen LogP contribution in [0.5, 0.6) is 0 Å². The SMILES string of the molecule is CCC(Sc1cccc(NC(=O)/C(=C\c2ccco2)NC(=O)c2ccccc2)c1)C(=O)n1c2ccccc2c2ccccc21. The highest BCUT2D eigenvalue weighted by atomic mass is 32.2. The summed E-state index contributed by atoms with van der Waals surface area (Å²) in [6.45, 7) is 2.00. The molecule has 7 nitrogen and oxygen atoms in total. The predicted molar refractivity (Wildman–Crippen MR) is 176 cm³/mol. The van der Waals surface area contributed by atoms with Gasteiger partial charge in [-0.05, 0) is 61.0 Å². The fraction of sp³-hybridized carbons (Fsp3) is 0.0833. The highest BCUT2D eigenvalue weighted by Gasteiger charge is 2.24. The fourth-order valence-corrected chi connectivity index (χ4v) is 6.13. The van der Waals surface area contributed by atoms with Gasteiger partial charge in [0.25, 0.3) is 11.8 Å². The second-order valence-corrected chi connectivity index (χ2v) is 11.4. The van der Waals surface area contributed by atoms with E-state index in [4.69, 9.17) is 4.42 Å². The van der Waals surface area contributed by atoms with Gasteiger partial charge in [-0.25, -0.2) is 0 Å². The van der Waals surface area contributed by atoms with Gasteiger partial charge in [0.15, 0.2) is 0 Å². The number of anilines is 1. The van der Waals surface area contributed by atoms with Crippen molar-refractivity contribution < 1.29 is 18.8 Å². The monoisotopic (exact) mass is 599 g/mol. The van der Waals surface area contributed by atoms with E-state index in [1.54, 1.807) is 42.5 Å². The summed E-state index contributed by atoms with van der Waals surface area (Å²) in [4.78, 5) is 41.1. The Hall–Kier alpha value is -5.34. The van der Waals surface area contributed by atoms with Crippen molar-refractivity contribution in [3.8, 4) is 0 Å². The summed E-state index contributed by atoms with van der Waals surface area (Å²) >= 11 is 1.45. The molecule has 0 aliphatic carbocycles. The first-order valence-corrected chi connectivity index (χ1v) is 15.1. The standard InChI is InChI=1S/C36H29N3O4S/c1-2-33(36(42)39-31-19-8-6-17-28(31)29-18-7-9-20-32(29)39)44-27-16-10-14-25(22-27)37-35(41)30(23-26-15-11-21-43-26)38-34(40)24-12-4-3-5-13-24/h3-23,33H,2H2,1H3,(H,37,41)(H,38,40)/b30-23+. The zero-order valence-corrected chi connectivity index (χ0v) is 24.7. The van der Waals surface area contributed by atoms with Gasteiger partial charge in [0.05, 0.1) is 22.5 Å². The van der Waals surface area contributed by atoms with E-state index in [0.717, 1.165) is 26.7 Å². The van der Waals surface area contributed by atoms with Gasteiger partial charge < -0.3 is 15.1 Å². The van der Waals surface area contributed by atoms with E-state index in [1.165, 1.54) is 24.1 Å². The van der Waals surface area contributed by atoms with E-state index in [2.05, 4.69) is 10.6 Å². The van der Waals surface area contributed by atoms with Crippen LogP contribution in [0.1, 0.15) is 34.3 Å². The number of aromatic nitrogens is 1. The van der Waals surface area contributed by atoms with Gasteiger partial charge in [0, 0.05) is 33.0 Å². The third-order valence-corrected chi connectivity index (χ3v) is 8.52. The Morgan fingerprint density at radius 3 is 2.16 bits per heavy atom. The number of para-hydroxylation sites is 2. The molecular weight excluding hydrogens is 570 g/mol. The minimum absolute atomic E-state index is 0.00312. The van der Waals surface area contributed by atoms with Crippen LogP contribution in [-0.4, -0.2) is 27.5 Å². The van der Waals surface area contributed by atoms with Crippen molar-refractivity contribution in [2.24, 2.45) is 0 Å². The maximum absolute atomic E-state index is 14.0. The number of rotatable bonds is 9. The van der Waals surface area contributed by atoms with Crippen LogP contribution in [0, 0.1) is 0 Å². The number of nitrogens with zero attached hydrogens (tertiary/aromatic N) is 1. The molecule has 0 saturated carbocycles. The van der Waals surface area contributed by atoms with Gasteiger partial charge in [0.1, 0.15) is 11.5 Å². The minimum Gasteiger partial charge on any atom is -0.465 e. The van der Waals surface area contributed by atoms with Crippen molar-refractivity contribution in [1.82, 2.24) is 9.88 Å². The third kappa shape index (κ3) is 6.07. The first-order chi connectivity index (χ1) is 21.5. The molecule has 0 saturated heterocycles. The van der Waals surface area contributed by atoms with Gasteiger partial charge in [-0.15, -0.1) is 11.8 Å². The lowest BCUT2D eigenvalue weighted by Gasteiger charge is -2.17. The van der Waals surface area contributed by atoms with Gasteiger partial charge in [-0.2, -0.15) is 0 Å². The van der Waals surface area contributed by atoms with E-state index in [0.29, 0.717) is 23.4 Å². The number of carbonyl (C=O) groups excluding carboxylic acids is 3. The molecule has 0 aliphatic heterocycles. The molecule has 0 bridgehead atoms. The molecule has 0 fully saturated rings. The normalized spacial score (nSPS) is 12.2. The molecule has 0 spiro atoms. The first-order valence-electron chi connectivity index (χ1n) is 14.2. The Kier molecular flexibility index (Phi) is 8.43. The fourth-order valence-electron chi connectivity index (χ4n) is 5.08. The van der Waals surface area contributed by atoms with Crippen LogP contribution in [-0.2, 0) is 4.79 Å². The van der Waals surface area contributed by atoms with Crippen molar-refractivity contribution in [3.05, 3.63) is 139 Å². The molecule has 1 unspecified atom stereocenters. The molecule has 44 heavy (non-hydrogen) atoms. The largest absolute Gasteiger partial charge is 0.465 e. The number of hydrogen-bond acceptors (Lipinski definition) is 5. The van der Waals surface area contributed by atoms with E-state index in [-0.39, 0.29) is 16.9 Å². The number of thioether (sulfide) groups is 1. The van der Waals surface area contributed by atoms with Crippen LogP contribution < -0.4 is 10.6 Å². The lowest BCUT2D eigenvalue weighted by atomic mass is 10.2. The molecule has 0 radical (unpaired) electrons. The van der Waals surface area contributed by atoms with E-state index < -0.39 is 11.8 Å². The van der Waals surface area contributed by atoms with Crippen molar-refractivity contribution in [2.75, 3.05) is 5.32 Å². The van der Waals surface area contributed by atoms with E-state index >= 15 is 0 Å². The summed E-state index contributed by atoms with van der Waals surface area (Å²) < 4.78 is 7.21. The molecule has 2 N–H and O–H groups in total. The van der Waals surface area contributed by atoms with Crippen molar-refractivity contribution in [1.29, 1.82) is 0 Å². The molecular formula is C36H29N3O4S. The molecule has 218 valence electrons. The van der Waals surface area contributed by atoms with E-state index in [1.807, 2.05) is 84.3 Å². The Morgan fingerprint density at radius 1 is 0.818 bits per heavy atom. The van der Waals surface area contributed by atoms with Crippen LogP contribution in [0.15, 0.2) is 137 Å². The highest BCUT2D eigenvalue weighted by molar-refractivity contribution is 8.00. The molecule has 2 aromatic heterocycles. The smallest absolute Gasteiger partial charge is 0.272 e. The maximum atomic E-state index is 14.0. The molecule has 8 heteroatoms. The summed E-state index contributed by atoms with van der Waals surface area (Å²) in [7, 11) is 0.